The van der Waals surface area contributed by atoms with E-state index in [2.05, 4.69) is 12.2 Å². The Morgan fingerprint density at radius 1 is 0.886 bits per heavy atom. The van der Waals surface area contributed by atoms with Crippen LogP contribution < -0.4 is 10.1 Å². The van der Waals surface area contributed by atoms with Crippen LogP contribution in [0.15, 0.2) is 78.9 Å². The fraction of sp³-hybridized carbons (Fsp3) is 0.333. The normalized spacial score (nSPS) is 11.5. The first-order valence-electron chi connectivity index (χ1n) is 12.3. The minimum atomic E-state index is -0.651. The van der Waals surface area contributed by atoms with Crippen molar-refractivity contribution in [2.24, 2.45) is 0 Å². The summed E-state index contributed by atoms with van der Waals surface area (Å²) in [6.45, 7) is 6.85. The highest BCUT2D eigenvalue weighted by Gasteiger charge is 2.30. The highest BCUT2D eigenvalue weighted by atomic mass is 16.5. The van der Waals surface area contributed by atoms with Crippen LogP contribution in [0, 0.1) is 13.8 Å². The quantitative estimate of drug-likeness (QED) is 0.367. The Bertz CT molecular complexity index is 1100. The fourth-order valence-electron chi connectivity index (χ4n) is 3.97. The molecule has 35 heavy (non-hydrogen) atoms. The smallest absolute Gasteiger partial charge is 0.261 e. The Kier molecular flexibility index (Phi) is 9.91. The highest BCUT2D eigenvalue weighted by Crippen LogP contribution is 2.19. The van der Waals surface area contributed by atoms with Crippen molar-refractivity contribution in [2.75, 3.05) is 13.2 Å². The van der Waals surface area contributed by atoms with Gasteiger partial charge in [-0.15, -0.1) is 0 Å². The molecule has 1 unspecified atom stereocenters. The molecule has 3 aromatic carbocycles. The number of carbonyl (C=O) groups excluding carboxylic acids is 2. The molecule has 0 bridgehead atoms. The van der Waals surface area contributed by atoms with Crippen molar-refractivity contribution in [3.8, 4) is 5.75 Å². The van der Waals surface area contributed by atoms with Gasteiger partial charge in [-0.3, -0.25) is 9.59 Å². The largest absolute Gasteiger partial charge is 0.484 e. The number of benzene rings is 3. The molecule has 1 N–H and O–H groups in total. The zero-order chi connectivity index (χ0) is 25.0. The number of nitrogens with zero attached hydrogens (tertiary/aromatic N) is 1. The molecule has 5 heteroatoms. The molecular weight excluding hydrogens is 436 g/mol. The van der Waals surface area contributed by atoms with Crippen molar-refractivity contribution in [3.63, 3.8) is 0 Å². The van der Waals surface area contributed by atoms with Crippen LogP contribution in [-0.4, -0.2) is 35.9 Å². The van der Waals surface area contributed by atoms with Gasteiger partial charge in [0, 0.05) is 19.5 Å². The van der Waals surface area contributed by atoms with Crippen LogP contribution in [0.25, 0.3) is 0 Å². The summed E-state index contributed by atoms with van der Waals surface area (Å²) >= 11 is 0. The van der Waals surface area contributed by atoms with Crippen molar-refractivity contribution in [1.82, 2.24) is 10.2 Å². The molecule has 0 heterocycles. The van der Waals surface area contributed by atoms with E-state index in [4.69, 9.17) is 4.74 Å². The lowest BCUT2D eigenvalue weighted by Gasteiger charge is -2.32. The molecule has 5 nitrogen and oxygen atoms in total. The van der Waals surface area contributed by atoms with E-state index in [1.165, 1.54) is 0 Å². The number of amides is 2. The van der Waals surface area contributed by atoms with Gasteiger partial charge < -0.3 is 15.0 Å². The van der Waals surface area contributed by atoms with Gasteiger partial charge in [0.2, 0.25) is 5.91 Å². The second kappa shape index (κ2) is 13.3. The van der Waals surface area contributed by atoms with Crippen molar-refractivity contribution in [2.45, 2.75) is 52.6 Å². The zero-order valence-electron chi connectivity index (χ0n) is 21.0. The number of ether oxygens (including phenoxy) is 1. The number of para-hydroxylation sites is 1. The molecule has 1 atom stereocenters. The second-order valence-electron chi connectivity index (χ2n) is 8.85. The van der Waals surface area contributed by atoms with Crippen molar-refractivity contribution in [3.05, 3.63) is 101 Å². The van der Waals surface area contributed by atoms with Crippen molar-refractivity contribution < 1.29 is 14.3 Å². The Morgan fingerprint density at radius 2 is 1.54 bits per heavy atom. The van der Waals surface area contributed by atoms with Gasteiger partial charge in [-0.1, -0.05) is 86.1 Å². The first-order chi connectivity index (χ1) is 17.0. The number of aryl methyl sites for hydroxylation is 2. The monoisotopic (exact) mass is 472 g/mol. The third-order valence-electron chi connectivity index (χ3n) is 6.15. The van der Waals surface area contributed by atoms with Gasteiger partial charge in [-0.2, -0.15) is 0 Å². The number of hydrogen-bond acceptors (Lipinski definition) is 3. The van der Waals surface area contributed by atoms with Crippen LogP contribution in [0.3, 0.4) is 0 Å². The summed E-state index contributed by atoms with van der Waals surface area (Å²) in [5.74, 6) is 0.312. The fourth-order valence-corrected chi connectivity index (χ4v) is 3.97. The SMILES string of the molecule is CCCCNC(=O)C(Cc1ccccc1)N(Cc1ccccc1C)C(=O)COc1ccccc1C. The number of hydrogen-bond donors (Lipinski definition) is 1. The molecule has 0 aliphatic rings. The summed E-state index contributed by atoms with van der Waals surface area (Å²) in [4.78, 5) is 28.7. The third-order valence-corrected chi connectivity index (χ3v) is 6.15. The first-order valence-corrected chi connectivity index (χ1v) is 12.3. The lowest BCUT2D eigenvalue weighted by molar-refractivity contribution is -0.142. The maximum absolute atomic E-state index is 13.6. The molecule has 0 spiro atoms. The number of nitrogens with one attached hydrogen (secondary N) is 1. The van der Waals surface area contributed by atoms with Crippen molar-refractivity contribution in [1.29, 1.82) is 0 Å². The van der Waals surface area contributed by atoms with E-state index >= 15 is 0 Å². The summed E-state index contributed by atoms with van der Waals surface area (Å²) in [6.07, 6.45) is 2.31. The standard InChI is InChI=1S/C30H36N2O3/c1-4-5-19-31-30(34)27(20-25-15-7-6-8-16-25)32(21-26-17-11-9-13-23(26)2)29(33)22-35-28-18-12-10-14-24(28)3/h6-18,27H,4-5,19-22H2,1-3H3,(H,31,34). The first kappa shape index (κ1) is 26.0. The maximum atomic E-state index is 13.6. The summed E-state index contributed by atoms with van der Waals surface area (Å²) < 4.78 is 5.90. The van der Waals surface area contributed by atoms with Crippen LogP contribution in [0.1, 0.15) is 42.0 Å². The van der Waals surface area contributed by atoms with Gasteiger partial charge >= 0.3 is 0 Å². The average molecular weight is 473 g/mol. The van der Waals surface area contributed by atoms with E-state index in [1.807, 2.05) is 92.7 Å². The molecule has 0 fully saturated rings. The predicted octanol–water partition coefficient (Wildman–Crippen LogP) is 5.24. The number of unbranched alkanes of at least 4 members (excludes halogenated alkanes) is 1. The molecule has 3 aromatic rings. The van der Waals surface area contributed by atoms with Gasteiger partial charge in [0.15, 0.2) is 6.61 Å². The van der Waals surface area contributed by atoms with Crippen LogP contribution >= 0.6 is 0 Å². The van der Waals surface area contributed by atoms with Crippen molar-refractivity contribution >= 4 is 11.8 Å². The van der Waals surface area contributed by atoms with Gasteiger partial charge in [0.1, 0.15) is 11.8 Å². The lowest BCUT2D eigenvalue weighted by atomic mass is 10.0. The van der Waals surface area contributed by atoms with E-state index in [-0.39, 0.29) is 18.4 Å². The summed E-state index contributed by atoms with van der Waals surface area (Å²) in [5.41, 5.74) is 4.06. The number of rotatable bonds is 12. The maximum Gasteiger partial charge on any atom is 0.261 e. The van der Waals surface area contributed by atoms with Gasteiger partial charge in [-0.05, 0) is 48.6 Å². The topological polar surface area (TPSA) is 58.6 Å². The molecule has 0 saturated carbocycles. The van der Waals surface area contributed by atoms with E-state index in [1.54, 1.807) is 4.90 Å². The minimum Gasteiger partial charge on any atom is -0.484 e. The highest BCUT2D eigenvalue weighted by molar-refractivity contribution is 5.88. The third kappa shape index (κ3) is 7.71. The lowest BCUT2D eigenvalue weighted by Crippen LogP contribution is -2.52. The molecule has 184 valence electrons. The summed E-state index contributed by atoms with van der Waals surface area (Å²) in [7, 11) is 0. The zero-order valence-corrected chi connectivity index (χ0v) is 21.0. The Morgan fingerprint density at radius 3 is 2.23 bits per heavy atom. The molecule has 0 radical (unpaired) electrons. The van der Waals surface area contributed by atoms with Crippen LogP contribution in [-0.2, 0) is 22.6 Å². The van der Waals surface area contributed by atoms with Crippen LogP contribution in [0.2, 0.25) is 0 Å². The Hall–Kier alpha value is -3.60. The average Bonchev–Trinajstić information content (AvgIpc) is 2.87. The molecule has 0 saturated heterocycles. The van der Waals surface area contributed by atoms with Gasteiger partial charge in [-0.25, -0.2) is 0 Å². The number of carbonyl (C=O) groups is 2. The minimum absolute atomic E-state index is 0.135. The van der Waals surface area contributed by atoms with Crippen LogP contribution in [0.5, 0.6) is 5.75 Å². The summed E-state index contributed by atoms with van der Waals surface area (Å²) in [5, 5.41) is 3.05. The molecular formula is C30H36N2O3. The predicted molar refractivity (Wildman–Crippen MR) is 140 cm³/mol. The molecule has 0 aliphatic carbocycles. The van der Waals surface area contributed by atoms with Gasteiger partial charge in [0.05, 0.1) is 0 Å². The van der Waals surface area contributed by atoms with E-state index in [0.717, 1.165) is 35.1 Å². The van der Waals surface area contributed by atoms with E-state index in [9.17, 15) is 9.59 Å². The molecule has 0 aromatic heterocycles. The molecule has 3 rings (SSSR count). The Labute approximate surface area is 209 Å². The summed E-state index contributed by atoms with van der Waals surface area (Å²) in [6, 6.07) is 24.8. The van der Waals surface area contributed by atoms with E-state index < -0.39 is 6.04 Å². The Balaban J connectivity index is 1.90. The van der Waals surface area contributed by atoms with E-state index in [0.29, 0.717) is 25.3 Å². The molecule has 0 aliphatic heterocycles. The second-order valence-corrected chi connectivity index (χ2v) is 8.85. The molecule has 2 amide bonds. The van der Waals surface area contributed by atoms with Crippen LogP contribution in [0.4, 0.5) is 0 Å². The van der Waals surface area contributed by atoms with Gasteiger partial charge in [0.25, 0.3) is 5.91 Å².